The minimum Gasteiger partial charge on any atom is -0.490 e. The fraction of sp³-hybridized carbons (Fsp3) is 0.684. The third-order valence-corrected chi connectivity index (χ3v) is 3.93. The summed E-state index contributed by atoms with van der Waals surface area (Å²) in [5.74, 6) is 1.25. The van der Waals surface area contributed by atoms with Crippen molar-refractivity contribution in [2.45, 2.75) is 72.0 Å². The van der Waals surface area contributed by atoms with Gasteiger partial charge in [-0.1, -0.05) is 13.8 Å². The van der Waals surface area contributed by atoms with E-state index < -0.39 is 5.60 Å². The zero-order valence-corrected chi connectivity index (χ0v) is 15.8. The first kappa shape index (κ1) is 18.6. The molecule has 2 rings (SSSR count). The number of rotatable bonds is 3. The van der Waals surface area contributed by atoms with Gasteiger partial charge in [0.1, 0.15) is 17.5 Å². The number of nitrogens with zero attached hydrogens (tertiary/aromatic N) is 2. The lowest BCUT2D eigenvalue weighted by molar-refractivity contribution is 0.0126. The van der Waals surface area contributed by atoms with Gasteiger partial charge in [0.05, 0.1) is 0 Å². The van der Waals surface area contributed by atoms with Gasteiger partial charge in [-0.15, -0.1) is 0 Å². The van der Waals surface area contributed by atoms with Gasteiger partial charge in [0.15, 0.2) is 0 Å². The largest absolute Gasteiger partial charge is 0.490 e. The summed E-state index contributed by atoms with van der Waals surface area (Å²) in [7, 11) is 0. The molecule has 2 heterocycles. The Bertz CT molecular complexity index is 570. The van der Waals surface area contributed by atoms with E-state index in [1.54, 1.807) is 4.90 Å². The number of likely N-dealkylation sites (tertiary alicyclic amines) is 1. The zero-order valence-electron chi connectivity index (χ0n) is 15.8. The minimum atomic E-state index is -0.452. The average molecular weight is 334 g/mol. The van der Waals surface area contributed by atoms with Gasteiger partial charge in [-0.2, -0.15) is 0 Å². The highest BCUT2D eigenvalue weighted by Crippen LogP contribution is 2.24. The number of hydrogen-bond donors (Lipinski definition) is 0. The first-order valence-electron chi connectivity index (χ1n) is 8.77. The van der Waals surface area contributed by atoms with Crippen molar-refractivity contribution in [3.63, 3.8) is 0 Å². The second-order valence-electron chi connectivity index (χ2n) is 7.81. The van der Waals surface area contributed by atoms with Crippen molar-refractivity contribution < 1.29 is 14.3 Å². The summed E-state index contributed by atoms with van der Waals surface area (Å²) in [5, 5.41) is 0. The lowest BCUT2D eigenvalue weighted by Crippen LogP contribution is -2.44. The number of hydrogen-bond acceptors (Lipinski definition) is 4. The SMILES string of the molecule is Cc1cc(OC2CCN(C(=O)OC(C)(C)C)CC2)cc(C(C)C)n1. The number of carbonyl (C=O) groups excluding carboxylic acids is 1. The van der Waals surface area contributed by atoms with Gasteiger partial charge in [0.25, 0.3) is 0 Å². The fourth-order valence-corrected chi connectivity index (χ4v) is 2.70. The van der Waals surface area contributed by atoms with Crippen molar-refractivity contribution >= 4 is 6.09 Å². The van der Waals surface area contributed by atoms with Gasteiger partial charge in [0.2, 0.25) is 0 Å². The Labute approximate surface area is 145 Å². The molecule has 0 N–H and O–H groups in total. The summed E-state index contributed by atoms with van der Waals surface area (Å²) >= 11 is 0. The molecule has 0 unspecified atom stereocenters. The smallest absolute Gasteiger partial charge is 0.410 e. The number of piperidine rings is 1. The topological polar surface area (TPSA) is 51.7 Å². The second-order valence-corrected chi connectivity index (χ2v) is 7.81. The van der Waals surface area contributed by atoms with Gasteiger partial charge < -0.3 is 14.4 Å². The molecular weight excluding hydrogens is 304 g/mol. The number of aromatic nitrogens is 1. The minimum absolute atomic E-state index is 0.130. The first-order valence-corrected chi connectivity index (χ1v) is 8.77. The maximum atomic E-state index is 12.1. The normalized spacial score (nSPS) is 16.4. The molecule has 1 fully saturated rings. The zero-order chi connectivity index (χ0) is 17.9. The molecule has 1 aliphatic heterocycles. The van der Waals surface area contributed by atoms with Crippen molar-refractivity contribution in [3.05, 3.63) is 23.5 Å². The van der Waals surface area contributed by atoms with E-state index in [0.29, 0.717) is 19.0 Å². The Morgan fingerprint density at radius 2 is 1.88 bits per heavy atom. The molecule has 0 aliphatic carbocycles. The van der Waals surface area contributed by atoms with Crippen LogP contribution in [0, 0.1) is 6.92 Å². The van der Waals surface area contributed by atoms with Gasteiger partial charge >= 0.3 is 6.09 Å². The van der Waals surface area contributed by atoms with Gasteiger partial charge in [-0.25, -0.2) is 4.79 Å². The lowest BCUT2D eigenvalue weighted by Gasteiger charge is -2.33. The second kappa shape index (κ2) is 7.41. The standard InChI is InChI=1S/C19H30N2O3/c1-13(2)17-12-16(11-14(3)20-17)23-15-7-9-21(10-8-15)18(22)24-19(4,5)6/h11-13,15H,7-10H2,1-6H3. The number of aryl methyl sites for hydroxylation is 1. The van der Waals surface area contributed by atoms with Crippen LogP contribution in [0.4, 0.5) is 4.79 Å². The Morgan fingerprint density at radius 1 is 1.25 bits per heavy atom. The summed E-state index contributed by atoms with van der Waals surface area (Å²) in [4.78, 5) is 18.4. The summed E-state index contributed by atoms with van der Waals surface area (Å²) in [6.07, 6.45) is 1.53. The predicted octanol–water partition coefficient (Wildman–Crippen LogP) is 4.29. The van der Waals surface area contributed by atoms with Gasteiger partial charge in [-0.3, -0.25) is 4.98 Å². The molecule has 1 amide bonds. The quantitative estimate of drug-likeness (QED) is 0.827. The highest BCUT2D eigenvalue weighted by atomic mass is 16.6. The lowest BCUT2D eigenvalue weighted by atomic mass is 10.1. The van der Waals surface area contributed by atoms with Gasteiger partial charge in [-0.05, 0) is 33.6 Å². The van der Waals surface area contributed by atoms with Crippen LogP contribution in [0.5, 0.6) is 5.75 Å². The van der Waals surface area contributed by atoms with E-state index in [1.807, 2.05) is 39.8 Å². The highest BCUT2D eigenvalue weighted by molar-refractivity contribution is 5.68. The third kappa shape index (κ3) is 5.39. The molecule has 1 saturated heterocycles. The van der Waals surface area contributed by atoms with Crippen LogP contribution < -0.4 is 4.74 Å². The van der Waals surface area contributed by atoms with Crippen molar-refractivity contribution in [2.75, 3.05) is 13.1 Å². The van der Waals surface area contributed by atoms with Crippen molar-refractivity contribution in [3.8, 4) is 5.75 Å². The molecule has 0 spiro atoms. The predicted molar refractivity (Wildman–Crippen MR) is 94.5 cm³/mol. The average Bonchev–Trinajstić information content (AvgIpc) is 2.45. The van der Waals surface area contributed by atoms with E-state index in [-0.39, 0.29) is 12.2 Å². The molecule has 134 valence electrons. The van der Waals surface area contributed by atoms with Crippen molar-refractivity contribution in [1.29, 1.82) is 0 Å². The number of carbonyl (C=O) groups is 1. The van der Waals surface area contributed by atoms with Crippen LogP contribution in [-0.2, 0) is 4.74 Å². The Balaban J connectivity index is 1.90. The monoisotopic (exact) mass is 334 g/mol. The Hall–Kier alpha value is -1.78. The molecule has 1 aliphatic rings. The molecule has 0 bridgehead atoms. The summed E-state index contributed by atoms with van der Waals surface area (Å²) < 4.78 is 11.6. The maximum Gasteiger partial charge on any atom is 0.410 e. The van der Waals surface area contributed by atoms with Crippen molar-refractivity contribution in [1.82, 2.24) is 9.88 Å². The van der Waals surface area contributed by atoms with E-state index >= 15 is 0 Å². The number of pyridine rings is 1. The molecule has 0 radical (unpaired) electrons. The van der Waals surface area contributed by atoms with E-state index in [4.69, 9.17) is 9.47 Å². The molecular formula is C19H30N2O3. The Morgan fingerprint density at radius 3 is 2.42 bits per heavy atom. The molecule has 1 aromatic heterocycles. The third-order valence-electron chi connectivity index (χ3n) is 3.93. The molecule has 0 aromatic carbocycles. The molecule has 24 heavy (non-hydrogen) atoms. The fourth-order valence-electron chi connectivity index (χ4n) is 2.70. The van der Waals surface area contributed by atoms with Crippen LogP contribution in [0.3, 0.4) is 0 Å². The molecule has 5 heteroatoms. The van der Waals surface area contributed by atoms with E-state index in [9.17, 15) is 4.79 Å². The summed E-state index contributed by atoms with van der Waals surface area (Å²) in [6, 6.07) is 4.00. The molecule has 0 atom stereocenters. The number of amides is 1. The van der Waals surface area contributed by atoms with Crippen LogP contribution in [0.1, 0.15) is 64.8 Å². The van der Waals surface area contributed by atoms with Crippen LogP contribution >= 0.6 is 0 Å². The van der Waals surface area contributed by atoms with Crippen LogP contribution in [0.2, 0.25) is 0 Å². The molecule has 0 saturated carbocycles. The Kier molecular flexibility index (Phi) is 5.73. The maximum absolute atomic E-state index is 12.1. The highest BCUT2D eigenvalue weighted by Gasteiger charge is 2.27. The van der Waals surface area contributed by atoms with Crippen LogP contribution in [0.25, 0.3) is 0 Å². The first-order chi connectivity index (χ1) is 11.1. The van der Waals surface area contributed by atoms with Crippen molar-refractivity contribution in [2.24, 2.45) is 0 Å². The van der Waals surface area contributed by atoms with Gasteiger partial charge in [0, 0.05) is 49.5 Å². The number of ether oxygens (including phenoxy) is 2. The molecule has 5 nitrogen and oxygen atoms in total. The van der Waals surface area contributed by atoms with Crippen LogP contribution in [0.15, 0.2) is 12.1 Å². The van der Waals surface area contributed by atoms with E-state index in [0.717, 1.165) is 30.0 Å². The van der Waals surface area contributed by atoms with Crippen LogP contribution in [-0.4, -0.2) is 40.8 Å². The van der Waals surface area contributed by atoms with E-state index in [1.165, 1.54) is 0 Å². The molecule has 1 aromatic rings. The van der Waals surface area contributed by atoms with E-state index in [2.05, 4.69) is 18.8 Å². The summed E-state index contributed by atoms with van der Waals surface area (Å²) in [5.41, 5.74) is 1.57. The summed E-state index contributed by atoms with van der Waals surface area (Å²) in [6.45, 7) is 13.2.